The molecule has 0 amide bonds. The standard InChI is InChI=1S/C16H26N2O2S/c1-6-17-10-13-8-14(12(3)7-11(13)2)21(19,20)18-15-9-16(15,4)5/h7-8,15,17-18H,6,9-10H2,1-5H3. The van der Waals surface area contributed by atoms with Crippen LogP contribution in [-0.4, -0.2) is 21.0 Å². The normalized spacial score (nSPS) is 20.5. The summed E-state index contributed by atoms with van der Waals surface area (Å²) >= 11 is 0. The van der Waals surface area contributed by atoms with Crippen LogP contribution in [0, 0.1) is 19.3 Å². The molecule has 5 heteroatoms. The third kappa shape index (κ3) is 3.65. The van der Waals surface area contributed by atoms with E-state index >= 15 is 0 Å². The van der Waals surface area contributed by atoms with E-state index in [-0.39, 0.29) is 11.5 Å². The van der Waals surface area contributed by atoms with Gasteiger partial charge in [-0.05, 0) is 55.0 Å². The van der Waals surface area contributed by atoms with E-state index in [0.717, 1.165) is 29.7 Å². The average Bonchev–Trinajstić information content (AvgIpc) is 2.93. The van der Waals surface area contributed by atoms with Crippen LogP contribution in [0.15, 0.2) is 17.0 Å². The summed E-state index contributed by atoms with van der Waals surface area (Å²) in [6.07, 6.45) is 0.904. The SMILES string of the molecule is CCNCc1cc(S(=O)(=O)NC2CC2(C)C)c(C)cc1C. The summed E-state index contributed by atoms with van der Waals surface area (Å²) in [4.78, 5) is 0.406. The van der Waals surface area contributed by atoms with Gasteiger partial charge in [0.15, 0.2) is 0 Å². The minimum Gasteiger partial charge on any atom is -0.313 e. The third-order valence-corrected chi connectivity index (χ3v) is 5.91. The number of hydrogen-bond donors (Lipinski definition) is 2. The number of nitrogens with one attached hydrogen (secondary N) is 2. The molecular formula is C16H26N2O2S. The molecule has 0 heterocycles. The lowest BCUT2D eigenvalue weighted by atomic mass is 10.1. The van der Waals surface area contributed by atoms with Crippen molar-refractivity contribution in [3.8, 4) is 0 Å². The summed E-state index contributed by atoms with van der Waals surface area (Å²) in [7, 11) is -3.44. The lowest BCUT2D eigenvalue weighted by molar-refractivity contribution is 0.554. The van der Waals surface area contributed by atoms with Gasteiger partial charge in [0.25, 0.3) is 0 Å². The van der Waals surface area contributed by atoms with Crippen LogP contribution in [0.4, 0.5) is 0 Å². The summed E-state index contributed by atoms with van der Waals surface area (Å²) in [5.41, 5.74) is 3.05. The molecule has 0 radical (unpaired) electrons. The van der Waals surface area contributed by atoms with Crippen molar-refractivity contribution in [1.82, 2.24) is 10.0 Å². The number of sulfonamides is 1. The van der Waals surface area contributed by atoms with E-state index in [1.165, 1.54) is 0 Å². The van der Waals surface area contributed by atoms with E-state index < -0.39 is 10.0 Å². The number of aryl methyl sites for hydroxylation is 2. The Morgan fingerprint density at radius 3 is 2.38 bits per heavy atom. The van der Waals surface area contributed by atoms with Gasteiger partial charge in [0.05, 0.1) is 4.90 Å². The third-order valence-electron chi connectivity index (χ3n) is 4.30. The van der Waals surface area contributed by atoms with Crippen molar-refractivity contribution in [2.45, 2.75) is 58.5 Å². The first-order valence-electron chi connectivity index (χ1n) is 7.50. The zero-order valence-corrected chi connectivity index (χ0v) is 14.4. The Morgan fingerprint density at radius 2 is 1.86 bits per heavy atom. The summed E-state index contributed by atoms with van der Waals surface area (Å²) in [6, 6.07) is 3.82. The maximum atomic E-state index is 12.6. The number of benzene rings is 1. The quantitative estimate of drug-likeness (QED) is 0.849. The van der Waals surface area contributed by atoms with E-state index in [2.05, 4.69) is 23.9 Å². The molecule has 2 rings (SSSR count). The molecule has 1 aliphatic carbocycles. The first kappa shape index (κ1) is 16.5. The number of hydrogen-bond acceptors (Lipinski definition) is 3. The molecule has 4 nitrogen and oxygen atoms in total. The Hall–Kier alpha value is -0.910. The van der Waals surface area contributed by atoms with Crippen LogP contribution in [0.5, 0.6) is 0 Å². The maximum Gasteiger partial charge on any atom is 0.241 e. The van der Waals surface area contributed by atoms with Crippen LogP contribution < -0.4 is 10.0 Å². The second-order valence-electron chi connectivity index (χ2n) is 6.69. The summed E-state index contributed by atoms with van der Waals surface area (Å²) in [5.74, 6) is 0. The van der Waals surface area contributed by atoms with Crippen molar-refractivity contribution in [2.24, 2.45) is 5.41 Å². The summed E-state index contributed by atoms with van der Waals surface area (Å²) < 4.78 is 28.0. The molecule has 0 bridgehead atoms. The molecule has 0 saturated heterocycles. The van der Waals surface area contributed by atoms with Crippen molar-refractivity contribution >= 4 is 10.0 Å². The molecule has 0 aliphatic heterocycles. The molecule has 1 atom stereocenters. The van der Waals surface area contributed by atoms with Crippen molar-refractivity contribution in [1.29, 1.82) is 0 Å². The Morgan fingerprint density at radius 1 is 1.24 bits per heavy atom. The van der Waals surface area contributed by atoms with Crippen molar-refractivity contribution in [3.05, 3.63) is 28.8 Å². The van der Waals surface area contributed by atoms with Crippen LogP contribution in [0.25, 0.3) is 0 Å². The van der Waals surface area contributed by atoms with Gasteiger partial charge in [-0.2, -0.15) is 0 Å². The lowest BCUT2D eigenvalue weighted by Gasteiger charge is -2.14. The maximum absolute atomic E-state index is 12.6. The molecule has 0 aromatic heterocycles. The molecule has 1 fully saturated rings. The van der Waals surface area contributed by atoms with Crippen molar-refractivity contribution in [3.63, 3.8) is 0 Å². The first-order valence-corrected chi connectivity index (χ1v) is 8.99. The molecule has 2 N–H and O–H groups in total. The van der Waals surface area contributed by atoms with Crippen LogP contribution in [0.3, 0.4) is 0 Å². The van der Waals surface area contributed by atoms with Gasteiger partial charge in [0.1, 0.15) is 0 Å². The van der Waals surface area contributed by atoms with Gasteiger partial charge in [0, 0.05) is 12.6 Å². The fourth-order valence-electron chi connectivity index (χ4n) is 2.53. The predicted octanol–water partition coefficient (Wildman–Crippen LogP) is 2.49. The Kier molecular flexibility index (Phi) is 4.47. The van der Waals surface area contributed by atoms with Gasteiger partial charge in [-0.1, -0.05) is 26.8 Å². The van der Waals surface area contributed by atoms with Crippen LogP contribution >= 0.6 is 0 Å². The fourth-order valence-corrected chi connectivity index (χ4v) is 4.22. The Balaban J connectivity index is 2.29. The highest BCUT2D eigenvalue weighted by atomic mass is 32.2. The molecule has 1 aliphatic rings. The Labute approximate surface area is 128 Å². The van der Waals surface area contributed by atoms with Gasteiger partial charge in [-0.15, -0.1) is 0 Å². The molecule has 1 aromatic rings. The van der Waals surface area contributed by atoms with E-state index in [0.29, 0.717) is 11.4 Å². The lowest BCUT2D eigenvalue weighted by Crippen LogP contribution is -2.29. The summed E-state index contributed by atoms with van der Waals surface area (Å²) in [6.45, 7) is 11.6. The van der Waals surface area contributed by atoms with Crippen LogP contribution in [0.1, 0.15) is 43.9 Å². The smallest absolute Gasteiger partial charge is 0.241 e. The van der Waals surface area contributed by atoms with Gasteiger partial charge in [-0.3, -0.25) is 0 Å². The molecule has 0 spiro atoms. The molecule has 118 valence electrons. The van der Waals surface area contributed by atoms with Gasteiger partial charge >= 0.3 is 0 Å². The predicted molar refractivity (Wildman–Crippen MR) is 85.8 cm³/mol. The minimum atomic E-state index is -3.44. The van der Waals surface area contributed by atoms with E-state index in [9.17, 15) is 8.42 Å². The van der Waals surface area contributed by atoms with Gasteiger partial charge in [-0.25, -0.2) is 13.1 Å². The zero-order valence-electron chi connectivity index (χ0n) is 13.6. The highest BCUT2D eigenvalue weighted by Crippen LogP contribution is 2.45. The highest BCUT2D eigenvalue weighted by molar-refractivity contribution is 7.89. The van der Waals surface area contributed by atoms with E-state index in [1.807, 2.05) is 32.9 Å². The van der Waals surface area contributed by atoms with Crippen LogP contribution in [-0.2, 0) is 16.6 Å². The molecule has 1 aromatic carbocycles. The molecule has 1 unspecified atom stereocenters. The topological polar surface area (TPSA) is 58.2 Å². The monoisotopic (exact) mass is 310 g/mol. The second kappa shape index (κ2) is 5.71. The van der Waals surface area contributed by atoms with Crippen molar-refractivity contribution in [2.75, 3.05) is 6.54 Å². The van der Waals surface area contributed by atoms with Gasteiger partial charge < -0.3 is 5.32 Å². The largest absolute Gasteiger partial charge is 0.313 e. The highest BCUT2D eigenvalue weighted by Gasteiger charge is 2.48. The zero-order chi connectivity index (χ0) is 15.8. The molecule has 21 heavy (non-hydrogen) atoms. The fraction of sp³-hybridized carbons (Fsp3) is 0.625. The minimum absolute atomic E-state index is 0.0559. The average molecular weight is 310 g/mol. The first-order chi connectivity index (χ1) is 9.67. The van der Waals surface area contributed by atoms with Crippen LogP contribution in [0.2, 0.25) is 0 Å². The summed E-state index contributed by atoms with van der Waals surface area (Å²) in [5, 5.41) is 3.25. The molecular weight excluding hydrogens is 284 g/mol. The van der Waals surface area contributed by atoms with E-state index in [1.54, 1.807) is 0 Å². The van der Waals surface area contributed by atoms with E-state index in [4.69, 9.17) is 0 Å². The Bertz CT molecular complexity index is 636. The van der Waals surface area contributed by atoms with Crippen molar-refractivity contribution < 1.29 is 8.42 Å². The number of rotatable bonds is 6. The second-order valence-corrected chi connectivity index (χ2v) is 8.37. The van der Waals surface area contributed by atoms with Gasteiger partial charge in [0.2, 0.25) is 10.0 Å². The molecule has 1 saturated carbocycles.